The second kappa shape index (κ2) is 46.6. The fourth-order valence-corrected chi connectivity index (χ4v) is 13.3. The molecule has 2 fully saturated rings. The van der Waals surface area contributed by atoms with Crippen LogP contribution in [-0.4, -0.2) is 296 Å². The van der Waals surface area contributed by atoms with Crippen molar-refractivity contribution in [2.75, 3.05) is 45.7 Å². The number of hydrogen-bond acceptors (Lipinski definition) is 9. The summed E-state index contributed by atoms with van der Waals surface area (Å²) in [6.45, 7) is 12.1. The molecule has 0 aromatic carbocycles. The summed E-state index contributed by atoms with van der Waals surface area (Å²) in [6, 6.07) is 4.08. The number of halogens is 2. The molecule has 2 saturated heterocycles. The number of thiophene rings is 2. The van der Waals surface area contributed by atoms with E-state index in [1.54, 1.807) is 36.9 Å². The number of hydrogen-bond donors (Lipinski definition) is 2. The van der Waals surface area contributed by atoms with Gasteiger partial charge in [-0.2, -0.15) is 0 Å². The maximum atomic E-state index is 12.8. The van der Waals surface area contributed by atoms with Crippen molar-refractivity contribution in [1.82, 2.24) is 20.4 Å². The number of nitrogens with one attached hydrogen (secondary N) is 2. The summed E-state index contributed by atoms with van der Waals surface area (Å²) in [5.74, 6) is 1.73. The number of rotatable bonds is 18. The van der Waals surface area contributed by atoms with E-state index in [-0.39, 0.29) is 70.8 Å². The quantitative estimate of drug-likeness (QED) is 0.0576. The van der Waals surface area contributed by atoms with Crippen LogP contribution in [0, 0.1) is 11.8 Å². The zero-order chi connectivity index (χ0) is 48.7. The normalized spacial score (nSPS) is 21.5. The molecule has 2 aromatic rings. The predicted octanol–water partition coefficient (Wildman–Crippen LogP) is 3.81. The molecule has 0 saturated carbocycles. The van der Waals surface area contributed by atoms with Gasteiger partial charge in [-0.05, 0) is 114 Å². The van der Waals surface area contributed by atoms with Crippen molar-refractivity contribution in [2.24, 2.45) is 31.7 Å². The van der Waals surface area contributed by atoms with Gasteiger partial charge in [0.1, 0.15) is 18.2 Å². The summed E-state index contributed by atoms with van der Waals surface area (Å²) in [5, 5.41) is 14.4. The van der Waals surface area contributed by atoms with Gasteiger partial charge in [0.25, 0.3) is 0 Å². The maximum absolute atomic E-state index is 12.8. The third kappa shape index (κ3) is 27.3. The summed E-state index contributed by atoms with van der Waals surface area (Å²) in [4.78, 5) is 55.1. The SMILES string of the molecule is CCCCP(CCCC)CCCC.CN1C(=N[B]C=O)N[C@](C)(c2cc(Br)cs2)C2CCN=C21.CN1C(=O)[C@H](CCN=[N+]=[N-])[C@@](C)(c2cc(Br)cs2)NC1=N[B]C=O.[H-].[K+].[K][K].[K][K].[K][K]. The first-order valence-corrected chi connectivity index (χ1v) is 76.1. The fourth-order valence-electron chi connectivity index (χ4n) is 7.14. The van der Waals surface area contributed by atoms with Gasteiger partial charge in [0.05, 0.1) is 17.0 Å². The van der Waals surface area contributed by atoms with Gasteiger partial charge >= 0.3 is 256 Å². The number of guanidine groups is 2. The Kier molecular flexibility index (Phi) is 54.5. The minimum absolute atomic E-state index is 0. The van der Waals surface area contributed by atoms with Crippen molar-refractivity contribution in [3.05, 3.63) is 52.0 Å². The van der Waals surface area contributed by atoms with E-state index in [4.69, 9.17) is 5.53 Å². The summed E-state index contributed by atoms with van der Waals surface area (Å²) in [6.07, 6.45) is 15.9. The minimum atomic E-state index is -0.721. The first-order chi connectivity index (χ1) is 30.8. The molecule has 5 heterocycles. The van der Waals surface area contributed by atoms with Crippen LogP contribution in [0.3, 0.4) is 0 Å². The van der Waals surface area contributed by atoms with E-state index in [1.165, 1.54) is 257 Å². The van der Waals surface area contributed by atoms with E-state index < -0.39 is 11.5 Å². The number of nitrogens with zero attached hydrogens (tertiary/aromatic N) is 8. The molecule has 2 N–H and O–H groups in total. The van der Waals surface area contributed by atoms with Gasteiger partial charge in [-0.15, -0.1) is 30.6 Å². The Balaban J connectivity index is -0.000000869. The Morgan fingerprint density at radius 2 is 1.32 bits per heavy atom. The molecule has 27 heteroatoms. The number of carbonyl (C=O) groups is 3. The number of unbranched alkanes of at least 4 members (excludes halogenated alkanes) is 3. The average Bonchev–Trinajstić information content (AvgIpc) is 4.11. The van der Waals surface area contributed by atoms with Crippen LogP contribution < -0.4 is 62.0 Å². The van der Waals surface area contributed by atoms with Gasteiger partial charge in [0.15, 0.2) is 11.9 Å². The third-order valence-corrected chi connectivity index (χ3v) is 17.2. The van der Waals surface area contributed by atoms with Gasteiger partial charge in [0, 0.05) is 67.5 Å². The summed E-state index contributed by atoms with van der Waals surface area (Å²) >= 11 is 17.7. The molecule has 3 aliphatic heterocycles. The van der Waals surface area contributed by atoms with Crippen molar-refractivity contribution in [1.29, 1.82) is 0 Å². The molecule has 13 nitrogen and oxygen atoms in total. The molecule has 322 valence electrons. The Morgan fingerprint density at radius 3 is 1.74 bits per heavy atom. The molecule has 0 aliphatic carbocycles. The van der Waals surface area contributed by atoms with Crippen LogP contribution >= 0.6 is 62.5 Å². The van der Waals surface area contributed by atoms with E-state index in [9.17, 15) is 14.4 Å². The zero-order valence-electron chi connectivity index (χ0n) is 42.8. The predicted molar refractivity (Wildman–Crippen MR) is 290 cm³/mol. The Hall–Kier alpha value is 8.90. The molecule has 3 aliphatic rings. The molecule has 1 unspecified atom stereocenters. The van der Waals surface area contributed by atoms with Crippen LogP contribution in [0.5, 0.6) is 0 Å². The van der Waals surface area contributed by atoms with Gasteiger partial charge < -0.3 is 36.4 Å². The van der Waals surface area contributed by atoms with Crippen molar-refractivity contribution >= 4 is 303 Å². The van der Waals surface area contributed by atoms with Gasteiger partial charge in [-0.1, -0.05) is 45.1 Å². The van der Waals surface area contributed by atoms with Crippen LogP contribution in [0.2, 0.25) is 0 Å². The fraction of sp³-hybridized carbons (Fsp3) is 0.632. The molecule has 2 aromatic heterocycles. The second-order valence-electron chi connectivity index (χ2n) is 14.6. The molecule has 1 amide bonds. The molecule has 65 heavy (non-hydrogen) atoms. The van der Waals surface area contributed by atoms with Crippen molar-refractivity contribution in [3.63, 3.8) is 0 Å². The van der Waals surface area contributed by atoms with E-state index in [0.717, 1.165) is 40.0 Å². The Morgan fingerprint density at radius 1 is 0.877 bits per heavy atom. The van der Waals surface area contributed by atoms with Crippen LogP contribution in [0.25, 0.3) is 10.4 Å². The summed E-state index contributed by atoms with van der Waals surface area (Å²) in [7, 11) is 6.31. The van der Waals surface area contributed by atoms with Crippen LogP contribution in [-0.2, 0) is 25.5 Å². The second-order valence-corrected chi connectivity index (χ2v) is 21.0. The third-order valence-electron chi connectivity index (χ3n) is 10.5. The molecule has 2 radical (unpaired) electrons. The average molecular weight is 1250 g/mol. The van der Waals surface area contributed by atoms with E-state index in [0.29, 0.717) is 44.6 Å². The number of carbonyl (C=O) groups excluding carboxylic acids is 3. The zero-order valence-corrected chi connectivity index (χ0v) is 69.3. The topological polar surface area (TPSA) is 168 Å². The van der Waals surface area contributed by atoms with Crippen LogP contribution in [0.15, 0.2) is 51.8 Å². The van der Waals surface area contributed by atoms with Gasteiger partial charge in [-0.3, -0.25) is 14.7 Å². The monoisotopic (exact) mass is 1250 g/mol. The molecule has 4 atom stereocenters. The van der Waals surface area contributed by atoms with Gasteiger partial charge in [0.2, 0.25) is 5.91 Å². The first kappa shape index (κ1) is 76.0. The first-order valence-electron chi connectivity index (χ1n) is 22.9. The molecule has 0 bridgehead atoms. The van der Waals surface area contributed by atoms with Crippen molar-refractivity contribution < 1.29 is 67.2 Å². The number of amidine groups is 1. The standard InChI is InChI=1S/C13H15BBrN6O2S.C13H15BBrN4OS.C12H27P.7K.H/c1-13(10-5-8(15)6-24-10)9(3-4-17-20-16)11(23)21(2)12(18-13)19-14-7-22;1-13(10-5-8(15)6-21-10)9-3-4-16-11(9)19(2)12(17-13)18-14-7-20;1-4-7-10-13(11-8-5-2)12-9-6-3;;;;;;;;/h5-7,9H,3-4H2,1-2H3,(H,18,19);5-7,9H,3-4H2,1-2H3,(H,17,18);4-12H2,1-3H3;;;;;;;;/q;;;;;;;;;+1;-1/t9-,13-;9?,13-;;;;;;;;;/m00........./s1. The van der Waals surface area contributed by atoms with E-state index >= 15 is 0 Å². The number of aliphatic imine (C=N–C) groups is 1. The van der Waals surface area contributed by atoms with E-state index in [2.05, 4.69) is 106 Å². The van der Waals surface area contributed by atoms with Crippen LogP contribution in [0.4, 0.5) is 0 Å². The number of amides is 1. The number of fused-ring (bicyclic) bond motifs is 1. The summed E-state index contributed by atoms with van der Waals surface area (Å²) in [5.41, 5.74) is 7.51. The van der Waals surface area contributed by atoms with Crippen molar-refractivity contribution in [2.45, 2.75) is 97.1 Å². The van der Waals surface area contributed by atoms with Gasteiger partial charge in [-0.25, -0.2) is 0 Å². The number of azide groups is 1. The molecular formula is C38H58B2Br2K7N10O3PS2. The Bertz CT molecular complexity index is 1820. The Labute approximate surface area is 597 Å². The summed E-state index contributed by atoms with van der Waals surface area (Å²) < 4.78 is 2.00. The molecule has 5 rings (SSSR count). The van der Waals surface area contributed by atoms with Crippen molar-refractivity contribution in [3.8, 4) is 0 Å². The molecular weight excluding hydrogens is 1190 g/mol. The van der Waals surface area contributed by atoms with Crippen LogP contribution in [0.1, 0.15) is 97.2 Å². The van der Waals surface area contributed by atoms with E-state index in [1.807, 2.05) is 30.3 Å². The molecule has 0 spiro atoms.